The lowest BCUT2D eigenvalue weighted by molar-refractivity contribution is 0.391. The van der Waals surface area contributed by atoms with Crippen molar-refractivity contribution in [2.24, 2.45) is 5.73 Å². The lowest BCUT2D eigenvalue weighted by atomic mass is 10.1. The van der Waals surface area contributed by atoms with E-state index in [0.717, 1.165) is 24.0 Å². The molecule has 6 heteroatoms. The first-order valence-electron chi connectivity index (χ1n) is 7.04. The van der Waals surface area contributed by atoms with Crippen molar-refractivity contribution < 1.29 is 8.42 Å². The van der Waals surface area contributed by atoms with Crippen molar-refractivity contribution in [1.82, 2.24) is 8.61 Å². The van der Waals surface area contributed by atoms with Crippen LogP contribution in [0.1, 0.15) is 24.0 Å². The Hall–Kier alpha value is -1.39. The molecule has 0 amide bonds. The molecule has 0 spiro atoms. The van der Waals surface area contributed by atoms with Crippen LogP contribution in [-0.2, 0) is 16.8 Å². The van der Waals surface area contributed by atoms with Gasteiger partial charge in [-0.25, -0.2) is 0 Å². The van der Waals surface area contributed by atoms with E-state index < -0.39 is 10.2 Å². The van der Waals surface area contributed by atoms with E-state index in [0.29, 0.717) is 19.6 Å². The highest BCUT2D eigenvalue weighted by molar-refractivity contribution is 7.86. The molecule has 114 valence electrons. The molecule has 0 radical (unpaired) electrons. The molecule has 1 aliphatic rings. The Morgan fingerprint density at radius 3 is 2.62 bits per heavy atom. The van der Waals surface area contributed by atoms with Crippen LogP contribution in [0.3, 0.4) is 0 Å². The van der Waals surface area contributed by atoms with Gasteiger partial charge in [0.1, 0.15) is 0 Å². The average Bonchev–Trinajstić information content (AvgIpc) is 3.01. The van der Waals surface area contributed by atoms with E-state index in [-0.39, 0.29) is 6.54 Å². The van der Waals surface area contributed by atoms with Crippen molar-refractivity contribution >= 4 is 10.2 Å². The lowest BCUT2D eigenvalue weighted by Gasteiger charge is -2.24. The third kappa shape index (κ3) is 3.83. The second-order valence-corrected chi connectivity index (χ2v) is 7.07. The Kier molecular flexibility index (Phi) is 5.37. The number of hydrogen-bond acceptors (Lipinski definition) is 3. The third-order valence-corrected chi connectivity index (χ3v) is 5.46. The molecule has 2 N–H and O–H groups in total. The first-order valence-corrected chi connectivity index (χ1v) is 8.43. The van der Waals surface area contributed by atoms with Crippen LogP contribution in [0, 0.1) is 11.8 Å². The van der Waals surface area contributed by atoms with E-state index >= 15 is 0 Å². The number of nitrogens with zero attached hydrogens (tertiary/aromatic N) is 2. The fraction of sp³-hybridized carbons (Fsp3) is 0.467. The van der Waals surface area contributed by atoms with Crippen LogP contribution in [0.2, 0.25) is 0 Å². The summed E-state index contributed by atoms with van der Waals surface area (Å²) in [6, 6.07) is 7.56. The van der Waals surface area contributed by atoms with Crippen molar-refractivity contribution in [1.29, 1.82) is 0 Å². The molecule has 1 heterocycles. The second-order valence-electron chi connectivity index (χ2n) is 5.03. The van der Waals surface area contributed by atoms with Gasteiger partial charge in [-0.15, -0.1) is 0 Å². The number of hydrogen-bond donors (Lipinski definition) is 1. The maximum absolute atomic E-state index is 12.5. The zero-order chi connectivity index (χ0) is 15.3. The number of rotatable bonds is 4. The summed E-state index contributed by atoms with van der Waals surface area (Å²) in [6.45, 7) is 1.83. The van der Waals surface area contributed by atoms with Gasteiger partial charge in [-0.3, -0.25) is 0 Å². The fourth-order valence-corrected chi connectivity index (χ4v) is 3.78. The summed E-state index contributed by atoms with van der Waals surface area (Å²) in [5.41, 5.74) is 7.11. The molecule has 5 nitrogen and oxygen atoms in total. The Morgan fingerprint density at radius 1 is 1.29 bits per heavy atom. The molecule has 0 bridgehead atoms. The maximum atomic E-state index is 12.5. The SMILES string of the molecule is CN(Cc1ccccc1C#CCN)S(=O)(=O)N1CCCC1. The van der Waals surface area contributed by atoms with Crippen molar-refractivity contribution in [3.8, 4) is 11.8 Å². The van der Waals surface area contributed by atoms with Gasteiger partial charge in [0.05, 0.1) is 6.54 Å². The van der Waals surface area contributed by atoms with Crippen LogP contribution in [0.15, 0.2) is 24.3 Å². The highest BCUT2D eigenvalue weighted by atomic mass is 32.2. The van der Waals surface area contributed by atoms with Crippen molar-refractivity contribution in [2.45, 2.75) is 19.4 Å². The van der Waals surface area contributed by atoms with Gasteiger partial charge in [-0.1, -0.05) is 30.0 Å². The van der Waals surface area contributed by atoms with E-state index in [9.17, 15) is 8.42 Å². The van der Waals surface area contributed by atoms with Gasteiger partial charge in [0.15, 0.2) is 0 Å². The Balaban J connectivity index is 2.17. The summed E-state index contributed by atoms with van der Waals surface area (Å²) >= 11 is 0. The molecular formula is C15H21N3O2S. The monoisotopic (exact) mass is 307 g/mol. The first-order chi connectivity index (χ1) is 10.1. The van der Waals surface area contributed by atoms with Gasteiger partial charge in [-0.2, -0.15) is 17.0 Å². The highest BCUT2D eigenvalue weighted by Crippen LogP contribution is 2.18. The molecule has 1 fully saturated rings. The molecule has 21 heavy (non-hydrogen) atoms. The van der Waals surface area contributed by atoms with E-state index in [2.05, 4.69) is 11.8 Å². The predicted molar refractivity (Wildman–Crippen MR) is 83.6 cm³/mol. The van der Waals surface area contributed by atoms with E-state index in [1.54, 1.807) is 11.4 Å². The van der Waals surface area contributed by atoms with E-state index in [4.69, 9.17) is 5.73 Å². The summed E-state index contributed by atoms with van der Waals surface area (Å²) < 4.78 is 27.8. The summed E-state index contributed by atoms with van der Waals surface area (Å²) in [5.74, 6) is 5.80. The zero-order valence-electron chi connectivity index (χ0n) is 12.2. The highest BCUT2D eigenvalue weighted by Gasteiger charge is 2.29. The molecule has 0 unspecified atom stereocenters. The van der Waals surface area contributed by atoms with Crippen LogP contribution >= 0.6 is 0 Å². The van der Waals surface area contributed by atoms with Gasteiger partial charge >= 0.3 is 0 Å². The minimum Gasteiger partial charge on any atom is -0.320 e. The zero-order valence-corrected chi connectivity index (χ0v) is 13.1. The Labute approximate surface area is 126 Å². The van der Waals surface area contributed by atoms with Crippen LogP contribution in [0.5, 0.6) is 0 Å². The lowest BCUT2D eigenvalue weighted by Crippen LogP contribution is -2.39. The van der Waals surface area contributed by atoms with Gasteiger partial charge in [0.25, 0.3) is 10.2 Å². The molecule has 1 aromatic rings. The Bertz CT molecular complexity index is 640. The van der Waals surface area contributed by atoms with Gasteiger partial charge in [-0.05, 0) is 24.5 Å². The second kappa shape index (κ2) is 7.05. The summed E-state index contributed by atoms with van der Waals surface area (Å²) in [7, 11) is -1.77. The van der Waals surface area contributed by atoms with Crippen LogP contribution < -0.4 is 5.73 Å². The molecule has 0 aromatic heterocycles. The molecule has 1 saturated heterocycles. The molecular weight excluding hydrogens is 286 g/mol. The summed E-state index contributed by atoms with van der Waals surface area (Å²) in [4.78, 5) is 0. The topological polar surface area (TPSA) is 66.6 Å². The number of nitrogens with two attached hydrogens (primary N) is 1. The van der Waals surface area contributed by atoms with Crippen molar-refractivity contribution in [3.05, 3.63) is 35.4 Å². The van der Waals surface area contributed by atoms with Crippen molar-refractivity contribution in [2.75, 3.05) is 26.7 Å². The molecule has 0 saturated carbocycles. The molecule has 0 atom stereocenters. The summed E-state index contributed by atoms with van der Waals surface area (Å²) in [5, 5.41) is 0. The molecule has 2 rings (SSSR count). The first kappa shape index (κ1) is 16.0. The fourth-order valence-electron chi connectivity index (χ4n) is 2.36. The maximum Gasteiger partial charge on any atom is 0.282 e. The summed E-state index contributed by atoms with van der Waals surface area (Å²) in [6.07, 6.45) is 1.87. The van der Waals surface area contributed by atoms with Crippen LogP contribution in [0.4, 0.5) is 0 Å². The normalized spacial score (nSPS) is 16.0. The number of benzene rings is 1. The average molecular weight is 307 g/mol. The Morgan fingerprint density at radius 2 is 1.95 bits per heavy atom. The van der Waals surface area contributed by atoms with Crippen LogP contribution in [0.25, 0.3) is 0 Å². The minimum atomic E-state index is -3.38. The van der Waals surface area contributed by atoms with E-state index in [1.165, 1.54) is 4.31 Å². The standard InChI is InChI=1S/C15H21N3O2S/c1-17(21(19,20)18-11-4-5-12-18)13-15-8-3-2-7-14(15)9-6-10-16/h2-3,7-8H,4-5,10-13,16H2,1H3. The smallest absolute Gasteiger partial charge is 0.282 e. The third-order valence-electron chi connectivity index (χ3n) is 3.52. The quantitative estimate of drug-likeness (QED) is 0.836. The van der Waals surface area contributed by atoms with E-state index in [1.807, 2.05) is 24.3 Å². The van der Waals surface area contributed by atoms with Crippen molar-refractivity contribution in [3.63, 3.8) is 0 Å². The minimum absolute atomic E-state index is 0.288. The predicted octanol–water partition coefficient (Wildman–Crippen LogP) is 0.769. The molecule has 1 aromatic carbocycles. The van der Waals surface area contributed by atoms with Gasteiger partial charge in [0.2, 0.25) is 0 Å². The molecule has 1 aliphatic heterocycles. The van der Waals surface area contributed by atoms with Crippen LogP contribution in [-0.4, -0.2) is 43.7 Å². The van der Waals surface area contributed by atoms with Gasteiger partial charge < -0.3 is 5.73 Å². The van der Waals surface area contributed by atoms with Gasteiger partial charge in [0, 0.05) is 32.2 Å². The molecule has 0 aliphatic carbocycles. The largest absolute Gasteiger partial charge is 0.320 e.